The lowest BCUT2D eigenvalue weighted by molar-refractivity contribution is 0.167. The minimum atomic E-state index is 0. The van der Waals surface area contributed by atoms with Crippen LogP contribution in [0, 0.1) is 5.92 Å². The Bertz CT molecular complexity index is 326. The fraction of sp³-hybridized carbons (Fsp3) is 0.750. The zero-order chi connectivity index (χ0) is 11.4. The molecule has 1 aromatic heterocycles. The second-order valence-corrected chi connectivity index (χ2v) is 4.62. The van der Waals surface area contributed by atoms with Gasteiger partial charge in [0.25, 0.3) is 0 Å². The number of hydrogen-bond donors (Lipinski definition) is 1. The highest BCUT2D eigenvalue weighted by molar-refractivity contribution is 5.85. The highest BCUT2D eigenvalue weighted by atomic mass is 35.5. The van der Waals surface area contributed by atoms with E-state index in [9.17, 15) is 0 Å². The molecule has 4 nitrogen and oxygen atoms in total. The Morgan fingerprint density at radius 2 is 2.35 bits per heavy atom. The minimum Gasteiger partial charge on any atom is -0.330 e. The Morgan fingerprint density at radius 3 is 3.06 bits per heavy atom. The lowest BCUT2D eigenvalue weighted by Crippen LogP contribution is -2.38. The highest BCUT2D eigenvalue weighted by Crippen LogP contribution is 2.17. The molecule has 5 heteroatoms. The first-order chi connectivity index (χ1) is 7.83. The molecule has 0 radical (unpaired) electrons. The predicted octanol–water partition coefficient (Wildman–Crippen LogP) is 1.50. The van der Waals surface area contributed by atoms with Crippen LogP contribution in [0.1, 0.15) is 25.5 Å². The predicted molar refractivity (Wildman–Crippen MR) is 72.2 cm³/mol. The van der Waals surface area contributed by atoms with E-state index in [0.717, 1.165) is 26.2 Å². The summed E-state index contributed by atoms with van der Waals surface area (Å²) in [7, 11) is 0. The molecule has 0 spiro atoms. The van der Waals surface area contributed by atoms with Crippen molar-refractivity contribution >= 4 is 12.4 Å². The van der Waals surface area contributed by atoms with E-state index >= 15 is 0 Å². The average molecular weight is 259 g/mol. The summed E-state index contributed by atoms with van der Waals surface area (Å²) in [5.41, 5.74) is 7.07. The van der Waals surface area contributed by atoms with Crippen molar-refractivity contribution in [1.29, 1.82) is 0 Å². The van der Waals surface area contributed by atoms with Gasteiger partial charge >= 0.3 is 0 Å². The molecule has 0 saturated carbocycles. The third kappa shape index (κ3) is 3.69. The van der Waals surface area contributed by atoms with E-state index in [-0.39, 0.29) is 12.4 Å². The van der Waals surface area contributed by atoms with Crippen molar-refractivity contribution in [2.24, 2.45) is 11.7 Å². The Morgan fingerprint density at radius 1 is 1.53 bits per heavy atom. The summed E-state index contributed by atoms with van der Waals surface area (Å²) in [5, 5.41) is 4.30. The van der Waals surface area contributed by atoms with Crippen molar-refractivity contribution in [3.63, 3.8) is 0 Å². The van der Waals surface area contributed by atoms with Crippen molar-refractivity contribution in [2.75, 3.05) is 19.6 Å². The van der Waals surface area contributed by atoms with Crippen molar-refractivity contribution in [3.05, 3.63) is 18.0 Å². The van der Waals surface area contributed by atoms with Crippen LogP contribution in [-0.2, 0) is 13.1 Å². The van der Waals surface area contributed by atoms with Crippen molar-refractivity contribution in [1.82, 2.24) is 14.7 Å². The summed E-state index contributed by atoms with van der Waals surface area (Å²) < 4.78 is 2.08. The maximum atomic E-state index is 5.75. The van der Waals surface area contributed by atoms with Crippen molar-refractivity contribution in [2.45, 2.75) is 32.9 Å². The summed E-state index contributed by atoms with van der Waals surface area (Å²) in [6.07, 6.45) is 4.46. The van der Waals surface area contributed by atoms with Gasteiger partial charge in [-0.1, -0.05) is 0 Å². The minimum absolute atomic E-state index is 0. The fourth-order valence-corrected chi connectivity index (χ4v) is 2.50. The molecule has 1 fully saturated rings. The fourth-order valence-electron chi connectivity index (χ4n) is 2.50. The van der Waals surface area contributed by atoms with E-state index in [1.54, 1.807) is 0 Å². The van der Waals surface area contributed by atoms with E-state index in [1.807, 2.05) is 6.20 Å². The van der Waals surface area contributed by atoms with Crippen molar-refractivity contribution in [3.8, 4) is 0 Å². The lowest BCUT2D eigenvalue weighted by Gasteiger charge is -2.32. The molecule has 1 atom stereocenters. The topological polar surface area (TPSA) is 47.1 Å². The Labute approximate surface area is 110 Å². The second-order valence-electron chi connectivity index (χ2n) is 4.62. The van der Waals surface area contributed by atoms with Crippen LogP contribution in [-0.4, -0.2) is 34.3 Å². The first-order valence-electron chi connectivity index (χ1n) is 6.26. The van der Waals surface area contributed by atoms with Gasteiger partial charge in [-0.15, -0.1) is 12.4 Å². The van der Waals surface area contributed by atoms with Gasteiger partial charge in [-0.05, 0) is 44.8 Å². The zero-order valence-electron chi connectivity index (χ0n) is 10.5. The molecule has 17 heavy (non-hydrogen) atoms. The summed E-state index contributed by atoms with van der Waals surface area (Å²) in [6, 6.07) is 2.12. The molecular weight excluding hydrogens is 236 g/mol. The van der Waals surface area contributed by atoms with E-state index in [0.29, 0.717) is 5.92 Å². The monoisotopic (exact) mass is 258 g/mol. The molecule has 0 aliphatic carbocycles. The standard InChI is InChI=1S/C12H22N4.ClH/c1-2-16-12(5-6-14-16)10-15-7-3-4-11(8-13)9-15;/h5-6,11H,2-4,7-10,13H2,1H3;1H. The van der Waals surface area contributed by atoms with E-state index in [1.165, 1.54) is 25.1 Å². The molecular formula is C12H23ClN4. The molecule has 98 valence electrons. The van der Waals surface area contributed by atoms with Crippen LogP contribution in [0.2, 0.25) is 0 Å². The largest absolute Gasteiger partial charge is 0.330 e. The first kappa shape index (κ1) is 14.5. The van der Waals surface area contributed by atoms with Gasteiger partial charge in [-0.25, -0.2) is 0 Å². The smallest absolute Gasteiger partial charge is 0.0524 e. The lowest BCUT2D eigenvalue weighted by atomic mass is 9.98. The number of nitrogens with two attached hydrogens (primary N) is 1. The number of halogens is 1. The van der Waals surface area contributed by atoms with Gasteiger partial charge in [-0.2, -0.15) is 5.10 Å². The Kier molecular flexibility index (Phi) is 5.95. The van der Waals surface area contributed by atoms with Crippen LogP contribution in [0.5, 0.6) is 0 Å². The van der Waals surface area contributed by atoms with Crippen LogP contribution < -0.4 is 5.73 Å². The molecule has 2 rings (SSSR count). The number of aryl methyl sites for hydroxylation is 1. The summed E-state index contributed by atoms with van der Waals surface area (Å²) in [5.74, 6) is 0.687. The number of rotatable bonds is 4. The third-order valence-electron chi connectivity index (χ3n) is 3.43. The van der Waals surface area contributed by atoms with Gasteiger partial charge in [0, 0.05) is 25.8 Å². The van der Waals surface area contributed by atoms with Crippen LogP contribution in [0.15, 0.2) is 12.3 Å². The van der Waals surface area contributed by atoms with Crippen LogP contribution in [0.25, 0.3) is 0 Å². The summed E-state index contributed by atoms with van der Waals surface area (Å²) >= 11 is 0. The van der Waals surface area contributed by atoms with E-state index in [4.69, 9.17) is 5.73 Å². The molecule has 0 amide bonds. The number of aromatic nitrogens is 2. The van der Waals surface area contributed by atoms with Gasteiger partial charge in [0.2, 0.25) is 0 Å². The van der Waals surface area contributed by atoms with E-state index in [2.05, 4.69) is 27.7 Å². The van der Waals surface area contributed by atoms with Gasteiger partial charge in [0.15, 0.2) is 0 Å². The molecule has 2 heterocycles. The summed E-state index contributed by atoms with van der Waals surface area (Å²) in [4.78, 5) is 2.50. The number of piperidine rings is 1. The highest BCUT2D eigenvalue weighted by Gasteiger charge is 2.19. The second kappa shape index (κ2) is 6.99. The molecule has 1 unspecified atom stereocenters. The third-order valence-corrected chi connectivity index (χ3v) is 3.43. The molecule has 2 N–H and O–H groups in total. The molecule has 1 aliphatic heterocycles. The Hall–Kier alpha value is -0.580. The molecule has 1 aliphatic rings. The maximum absolute atomic E-state index is 5.75. The quantitative estimate of drug-likeness (QED) is 0.890. The van der Waals surface area contributed by atoms with Gasteiger partial charge in [0.1, 0.15) is 0 Å². The SMILES string of the molecule is CCn1nccc1CN1CCCC(CN)C1.Cl. The van der Waals surface area contributed by atoms with Crippen LogP contribution in [0.4, 0.5) is 0 Å². The van der Waals surface area contributed by atoms with Crippen LogP contribution >= 0.6 is 12.4 Å². The molecule has 1 saturated heterocycles. The average Bonchev–Trinajstić information content (AvgIpc) is 2.76. The first-order valence-corrected chi connectivity index (χ1v) is 6.26. The van der Waals surface area contributed by atoms with Crippen LogP contribution in [0.3, 0.4) is 0 Å². The van der Waals surface area contributed by atoms with Gasteiger partial charge in [0.05, 0.1) is 5.69 Å². The van der Waals surface area contributed by atoms with E-state index < -0.39 is 0 Å². The normalized spacial score (nSPS) is 21.2. The maximum Gasteiger partial charge on any atom is 0.0524 e. The molecule has 1 aromatic rings. The molecule has 0 aromatic carbocycles. The zero-order valence-corrected chi connectivity index (χ0v) is 11.3. The summed E-state index contributed by atoms with van der Waals surface area (Å²) in [6.45, 7) is 7.27. The van der Waals surface area contributed by atoms with Crippen molar-refractivity contribution < 1.29 is 0 Å². The molecule has 0 bridgehead atoms. The number of hydrogen-bond acceptors (Lipinski definition) is 3. The number of likely N-dealkylation sites (tertiary alicyclic amines) is 1. The van der Waals surface area contributed by atoms with Gasteiger partial charge < -0.3 is 5.73 Å². The number of nitrogens with zero attached hydrogens (tertiary/aromatic N) is 3. The van der Waals surface area contributed by atoms with Gasteiger partial charge in [-0.3, -0.25) is 9.58 Å². The Balaban J connectivity index is 0.00000144.